The summed E-state index contributed by atoms with van der Waals surface area (Å²) < 4.78 is 0. The molecule has 0 aromatic carbocycles. The minimum atomic E-state index is 1.27. The largest absolute Gasteiger partial charge is 0.145 e. The van der Waals surface area contributed by atoms with Crippen LogP contribution < -0.4 is 0 Å². The molecule has 0 radical (unpaired) electrons. The summed E-state index contributed by atoms with van der Waals surface area (Å²) in [6, 6.07) is 1.27. The first-order chi connectivity index (χ1) is 2.91. The van der Waals surface area contributed by atoms with Crippen LogP contribution in [0.15, 0.2) is 0 Å². The predicted octanol–water partition coefficient (Wildman–Crippen LogP) is 1.08. The molecule has 2 heteroatoms. The van der Waals surface area contributed by atoms with Gasteiger partial charge in [-0.15, -0.1) is 9.24 Å². The fraction of sp³-hybridized carbons (Fsp3) is 1.00. The molecule has 0 rings (SSSR count). The van der Waals surface area contributed by atoms with E-state index in [-0.39, 0.29) is 0 Å². The molecule has 0 aromatic heterocycles. The summed E-state index contributed by atoms with van der Waals surface area (Å²) in [5.74, 6) is 0. The molecular weight excluding hydrogens is 89.8 g/mol. The molecule has 0 fully saturated rings. The van der Waals surface area contributed by atoms with Gasteiger partial charge in [0.05, 0.1) is 0 Å². The van der Waals surface area contributed by atoms with Gasteiger partial charge >= 0.3 is 0 Å². The molecule has 0 saturated heterocycles. The number of hydrogen-bond acceptors (Lipinski definition) is 0. The van der Waals surface area contributed by atoms with Crippen molar-refractivity contribution in [2.75, 3.05) is 6.06 Å². The monoisotopic (exact) mass is 102 g/mol. The van der Waals surface area contributed by atoms with Crippen molar-refractivity contribution >= 4 is 16.5 Å². The zero-order valence-corrected chi connectivity index (χ0v) is 5.56. The quantitative estimate of drug-likeness (QED) is 0.284. The molecule has 0 aromatic rings. The third-order valence-electron chi connectivity index (χ3n) is 0.808. The second kappa shape index (κ2) is 5.49. The maximum absolute atomic E-state index is 2.73. The maximum atomic E-state index is 2.73. The van der Waals surface area contributed by atoms with E-state index < -0.39 is 0 Å². The van der Waals surface area contributed by atoms with E-state index in [1.807, 2.05) is 0 Å². The Labute approximate surface area is 43.2 Å². The van der Waals surface area contributed by atoms with Gasteiger partial charge in [0.25, 0.3) is 0 Å². The van der Waals surface area contributed by atoms with Crippen molar-refractivity contribution in [2.24, 2.45) is 0 Å². The van der Waals surface area contributed by atoms with E-state index in [2.05, 4.69) is 16.2 Å². The van der Waals surface area contributed by atoms with Crippen molar-refractivity contribution in [3.8, 4) is 0 Å². The van der Waals surface area contributed by atoms with Crippen LogP contribution in [0.3, 0.4) is 0 Å². The van der Waals surface area contributed by atoms with Gasteiger partial charge in [-0.05, 0) is 0 Å². The van der Waals surface area contributed by atoms with E-state index in [9.17, 15) is 0 Å². The van der Waals surface area contributed by atoms with Gasteiger partial charge < -0.3 is 0 Å². The Balaban J connectivity index is 2.34. The average Bonchev–Trinajstić information content (AvgIpc) is 1.61. The Morgan fingerprint density at radius 2 is 2.33 bits per heavy atom. The van der Waals surface area contributed by atoms with Gasteiger partial charge in [0.1, 0.15) is 7.28 Å². The fourth-order valence-corrected chi connectivity index (χ4v) is 0.683. The van der Waals surface area contributed by atoms with Crippen LogP contribution >= 0.6 is 9.24 Å². The first-order valence-corrected chi connectivity index (χ1v) is 3.43. The highest BCUT2D eigenvalue weighted by molar-refractivity contribution is 7.20. The molecule has 0 amide bonds. The summed E-state index contributed by atoms with van der Waals surface area (Å²) in [6.07, 6.45) is 2.73. The van der Waals surface area contributed by atoms with E-state index in [1.54, 1.807) is 0 Å². The minimum absolute atomic E-state index is 1.27. The van der Waals surface area contributed by atoms with Gasteiger partial charge in [-0.1, -0.05) is 25.7 Å². The predicted molar refractivity (Wildman–Crippen MR) is 36.8 cm³/mol. The SMILES string of the molecule is CCCBCP. The second-order valence-corrected chi connectivity index (χ2v) is 2.07. The molecule has 0 bridgehead atoms. The molecule has 36 valence electrons. The lowest BCUT2D eigenvalue weighted by molar-refractivity contribution is 1.07. The Morgan fingerprint density at radius 3 is 2.50 bits per heavy atom. The first kappa shape index (κ1) is 6.49. The number of rotatable bonds is 3. The van der Waals surface area contributed by atoms with E-state index >= 15 is 0 Å². The summed E-state index contributed by atoms with van der Waals surface area (Å²) in [5.41, 5.74) is 0. The highest BCUT2D eigenvalue weighted by Crippen LogP contribution is 1.86. The molecule has 1 atom stereocenters. The molecule has 0 saturated carbocycles. The molecule has 0 aliphatic carbocycles. The Morgan fingerprint density at radius 1 is 1.67 bits per heavy atom. The van der Waals surface area contributed by atoms with Crippen LogP contribution in [0.2, 0.25) is 6.32 Å². The third-order valence-corrected chi connectivity index (χ3v) is 1.22. The first-order valence-electron chi connectivity index (χ1n) is 2.62. The Kier molecular flexibility index (Phi) is 5.95. The molecule has 0 aliphatic rings. The molecule has 0 nitrogen and oxygen atoms in total. The molecule has 0 aliphatic heterocycles. The number of hydrogen-bond donors (Lipinski definition) is 0. The van der Waals surface area contributed by atoms with E-state index in [4.69, 9.17) is 0 Å². The van der Waals surface area contributed by atoms with Crippen molar-refractivity contribution in [1.29, 1.82) is 0 Å². The van der Waals surface area contributed by atoms with Crippen molar-refractivity contribution in [2.45, 2.75) is 19.7 Å². The van der Waals surface area contributed by atoms with Crippen molar-refractivity contribution in [3.63, 3.8) is 0 Å². The van der Waals surface area contributed by atoms with E-state index in [0.29, 0.717) is 0 Å². The van der Waals surface area contributed by atoms with Crippen LogP contribution in [0.4, 0.5) is 0 Å². The molecule has 0 heterocycles. The summed E-state index contributed by atoms with van der Waals surface area (Å²) in [6.45, 7) is 2.22. The molecule has 1 unspecified atom stereocenters. The van der Waals surface area contributed by atoms with Crippen molar-refractivity contribution < 1.29 is 0 Å². The van der Waals surface area contributed by atoms with Crippen molar-refractivity contribution in [3.05, 3.63) is 0 Å². The molecule has 0 N–H and O–H groups in total. The van der Waals surface area contributed by atoms with Crippen LogP contribution in [-0.2, 0) is 0 Å². The normalized spacial score (nSPS) is 8.33. The molecule has 0 spiro atoms. The molecule has 6 heavy (non-hydrogen) atoms. The smallest absolute Gasteiger partial charge is 0.124 e. The van der Waals surface area contributed by atoms with E-state index in [0.717, 1.165) is 0 Å². The Hall–Kier alpha value is 0.495. The van der Waals surface area contributed by atoms with Gasteiger partial charge in [-0.25, -0.2) is 0 Å². The van der Waals surface area contributed by atoms with Gasteiger partial charge in [-0.3, -0.25) is 0 Å². The van der Waals surface area contributed by atoms with Gasteiger partial charge in [0, 0.05) is 0 Å². The van der Waals surface area contributed by atoms with Gasteiger partial charge in [-0.2, -0.15) is 0 Å². The van der Waals surface area contributed by atoms with Crippen LogP contribution in [0.5, 0.6) is 0 Å². The highest BCUT2D eigenvalue weighted by Gasteiger charge is 1.79. The maximum Gasteiger partial charge on any atom is 0.124 e. The topological polar surface area (TPSA) is 0 Å². The summed E-state index contributed by atoms with van der Waals surface area (Å²) >= 11 is 0. The molecular formula is C4H12BP. The summed E-state index contributed by atoms with van der Waals surface area (Å²) in [5, 5.41) is 0. The van der Waals surface area contributed by atoms with Crippen LogP contribution in [0, 0.1) is 0 Å². The van der Waals surface area contributed by atoms with Crippen LogP contribution in [0.25, 0.3) is 0 Å². The zero-order chi connectivity index (χ0) is 4.83. The zero-order valence-electron chi connectivity index (χ0n) is 4.41. The lowest BCUT2D eigenvalue weighted by atomic mass is 9.77. The Bertz CT molecular complexity index is 19.5. The lowest BCUT2D eigenvalue weighted by Crippen LogP contribution is -1.86. The summed E-state index contributed by atoms with van der Waals surface area (Å²) in [4.78, 5) is 0. The van der Waals surface area contributed by atoms with Crippen LogP contribution in [0.1, 0.15) is 13.3 Å². The van der Waals surface area contributed by atoms with Gasteiger partial charge in [0.15, 0.2) is 0 Å². The standard InChI is InChI=1S/C4H12BP/c1-2-3-5-4-6/h5H,2-4,6H2,1H3. The van der Waals surface area contributed by atoms with E-state index in [1.165, 1.54) is 26.1 Å². The van der Waals surface area contributed by atoms with Crippen molar-refractivity contribution in [1.82, 2.24) is 0 Å². The third kappa shape index (κ3) is 4.49. The lowest BCUT2D eigenvalue weighted by Gasteiger charge is -1.83. The second-order valence-electron chi connectivity index (χ2n) is 1.50. The minimum Gasteiger partial charge on any atom is -0.145 e. The summed E-state index contributed by atoms with van der Waals surface area (Å²) in [7, 11) is 4.11. The fourth-order valence-electron chi connectivity index (χ4n) is 0.394. The highest BCUT2D eigenvalue weighted by atomic mass is 31.0. The average molecular weight is 102 g/mol. The van der Waals surface area contributed by atoms with Crippen LogP contribution in [-0.4, -0.2) is 13.3 Å². The van der Waals surface area contributed by atoms with Gasteiger partial charge in [0.2, 0.25) is 0 Å².